The summed E-state index contributed by atoms with van der Waals surface area (Å²) >= 11 is 0. The average molecular weight is 418 g/mol. The highest BCUT2D eigenvalue weighted by Gasteiger charge is 2.56. The fourth-order valence-corrected chi connectivity index (χ4v) is 3.37. The van der Waals surface area contributed by atoms with Crippen LogP contribution in [0.3, 0.4) is 0 Å². The van der Waals surface area contributed by atoms with E-state index < -0.39 is 41.8 Å². The molecule has 2 heterocycles. The molecule has 2 aliphatic rings. The number of carbonyl (C=O) groups is 3. The minimum Gasteiger partial charge on any atom is -0.461 e. The number of nitrogens with zero attached hydrogens (tertiary/aromatic N) is 2. The van der Waals surface area contributed by atoms with Crippen molar-refractivity contribution in [1.82, 2.24) is 4.90 Å². The van der Waals surface area contributed by atoms with Crippen molar-refractivity contribution in [1.29, 1.82) is 0 Å². The van der Waals surface area contributed by atoms with Crippen LogP contribution in [-0.2, 0) is 35.2 Å². The summed E-state index contributed by atoms with van der Waals surface area (Å²) < 4.78 is 15.9. The van der Waals surface area contributed by atoms with Crippen LogP contribution >= 0.6 is 0 Å². The van der Waals surface area contributed by atoms with Crippen LogP contribution in [0.1, 0.15) is 39.7 Å². The van der Waals surface area contributed by atoms with Crippen LogP contribution in [0.25, 0.3) is 0 Å². The van der Waals surface area contributed by atoms with Crippen molar-refractivity contribution < 1.29 is 33.4 Å². The second kappa shape index (κ2) is 8.73. The Morgan fingerprint density at radius 3 is 2.50 bits per heavy atom. The monoisotopic (exact) mass is 418 g/mol. The molecule has 0 aliphatic carbocycles. The molecule has 1 amide bonds. The number of oxime groups is 1. The van der Waals surface area contributed by atoms with Gasteiger partial charge in [-0.1, -0.05) is 35.5 Å². The highest BCUT2D eigenvalue weighted by atomic mass is 16.7. The van der Waals surface area contributed by atoms with Gasteiger partial charge in [0.05, 0.1) is 12.5 Å². The number of fused-ring (bicyclic) bond motifs is 1. The Kier molecular flexibility index (Phi) is 6.28. The van der Waals surface area contributed by atoms with Gasteiger partial charge >= 0.3 is 18.0 Å². The predicted molar refractivity (Wildman–Crippen MR) is 105 cm³/mol. The zero-order valence-corrected chi connectivity index (χ0v) is 17.5. The first-order valence-electron chi connectivity index (χ1n) is 9.84. The maximum atomic E-state index is 12.8. The number of hydrogen-bond donors (Lipinski definition) is 0. The fraction of sp³-hybridized carbons (Fsp3) is 0.524. The van der Waals surface area contributed by atoms with Gasteiger partial charge in [-0.25, -0.2) is 14.4 Å². The van der Waals surface area contributed by atoms with Crippen molar-refractivity contribution in [2.75, 3.05) is 6.61 Å². The summed E-state index contributed by atoms with van der Waals surface area (Å²) in [5.74, 6) is -1.84. The zero-order valence-electron chi connectivity index (χ0n) is 17.5. The van der Waals surface area contributed by atoms with Crippen LogP contribution in [-0.4, -0.2) is 53.1 Å². The number of benzene rings is 1. The summed E-state index contributed by atoms with van der Waals surface area (Å²) in [7, 11) is 0. The second-order valence-corrected chi connectivity index (χ2v) is 8.03. The molecule has 0 N–H and O–H groups in total. The van der Waals surface area contributed by atoms with Crippen molar-refractivity contribution >= 4 is 23.7 Å². The van der Waals surface area contributed by atoms with E-state index in [0.29, 0.717) is 0 Å². The Hall–Kier alpha value is -3.10. The van der Waals surface area contributed by atoms with Crippen LogP contribution in [0.15, 0.2) is 35.5 Å². The standard InChI is InChI=1S/C21H26N2O7/c1-5-27-19(25)16-14-11-15(18(24)28-12-13-9-7-6-8-10-13)23(17(14)30-22-16)20(26)29-21(2,3)4/h6-10,14-15,17H,5,11-12H2,1-4H3/t14-,15+,17+/m1/s1. The first-order chi connectivity index (χ1) is 14.2. The summed E-state index contributed by atoms with van der Waals surface area (Å²) in [5.41, 5.74) is 0.0866. The predicted octanol–water partition coefficient (Wildman–Crippen LogP) is 2.63. The van der Waals surface area contributed by atoms with Gasteiger partial charge in [-0.15, -0.1) is 0 Å². The van der Waals surface area contributed by atoms with E-state index in [1.807, 2.05) is 30.3 Å². The second-order valence-electron chi connectivity index (χ2n) is 8.03. The van der Waals surface area contributed by atoms with Crippen LogP contribution < -0.4 is 0 Å². The molecule has 0 bridgehead atoms. The number of ether oxygens (including phenoxy) is 3. The molecule has 1 aromatic rings. The molecule has 30 heavy (non-hydrogen) atoms. The molecule has 0 radical (unpaired) electrons. The van der Waals surface area contributed by atoms with Gasteiger partial charge in [0.2, 0.25) is 6.23 Å². The van der Waals surface area contributed by atoms with Gasteiger partial charge in [0, 0.05) is 0 Å². The van der Waals surface area contributed by atoms with Crippen molar-refractivity contribution in [3.05, 3.63) is 35.9 Å². The Balaban J connectivity index is 1.78. The summed E-state index contributed by atoms with van der Waals surface area (Å²) in [4.78, 5) is 44.4. The topological polar surface area (TPSA) is 104 Å². The molecule has 3 atom stereocenters. The summed E-state index contributed by atoms with van der Waals surface area (Å²) in [6, 6.07) is 8.23. The Morgan fingerprint density at radius 1 is 1.17 bits per heavy atom. The van der Waals surface area contributed by atoms with Gasteiger partial charge in [-0.3, -0.25) is 4.90 Å². The maximum Gasteiger partial charge on any atom is 0.414 e. The lowest BCUT2D eigenvalue weighted by atomic mass is 9.99. The lowest BCUT2D eigenvalue weighted by molar-refractivity contribution is -0.153. The highest BCUT2D eigenvalue weighted by molar-refractivity contribution is 6.37. The molecule has 0 saturated carbocycles. The van der Waals surface area contributed by atoms with E-state index in [0.717, 1.165) is 5.56 Å². The Labute approximate surface area is 174 Å². The van der Waals surface area contributed by atoms with E-state index in [-0.39, 0.29) is 25.3 Å². The van der Waals surface area contributed by atoms with E-state index >= 15 is 0 Å². The van der Waals surface area contributed by atoms with E-state index in [1.165, 1.54) is 4.90 Å². The first kappa shape index (κ1) is 21.6. The van der Waals surface area contributed by atoms with Crippen molar-refractivity contribution in [2.24, 2.45) is 11.1 Å². The molecular weight excluding hydrogens is 392 g/mol. The normalized spacial score (nSPS) is 22.6. The molecule has 3 rings (SSSR count). The van der Waals surface area contributed by atoms with Crippen LogP contribution in [0.4, 0.5) is 4.79 Å². The highest BCUT2D eigenvalue weighted by Crippen LogP contribution is 2.38. The van der Waals surface area contributed by atoms with E-state index in [1.54, 1.807) is 27.7 Å². The SMILES string of the molecule is CCOC(=O)C1=NO[C@H]2[C@@H]1C[C@@H](C(=O)OCc1ccccc1)N2C(=O)OC(C)(C)C. The van der Waals surface area contributed by atoms with E-state index in [9.17, 15) is 14.4 Å². The van der Waals surface area contributed by atoms with E-state index in [4.69, 9.17) is 19.0 Å². The quantitative estimate of drug-likeness (QED) is 0.535. The minimum atomic E-state index is -0.974. The smallest absolute Gasteiger partial charge is 0.414 e. The number of likely N-dealkylation sites (tertiary alicyclic amines) is 1. The number of esters is 2. The van der Waals surface area contributed by atoms with Crippen molar-refractivity contribution in [3.63, 3.8) is 0 Å². The maximum absolute atomic E-state index is 12.8. The third-order valence-corrected chi connectivity index (χ3v) is 4.63. The van der Waals surface area contributed by atoms with Crippen molar-refractivity contribution in [3.8, 4) is 0 Å². The molecule has 0 aromatic heterocycles. The number of carbonyl (C=O) groups excluding carboxylic acids is 3. The molecule has 0 spiro atoms. The molecule has 1 saturated heterocycles. The third-order valence-electron chi connectivity index (χ3n) is 4.63. The molecule has 1 fully saturated rings. The van der Waals surface area contributed by atoms with Gasteiger partial charge in [0.25, 0.3) is 0 Å². The van der Waals surface area contributed by atoms with E-state index in [2.05, 4.69) is 5.16 Å². The molecule has 0 unspecified atom stereocenters. The van der Waals surface area contributed by atoms with Crippen LogP contribution in [0, 0.1) is 5.92 Å². The molecular formula is C21H26N2O7. The Morgan fingerprint density at radius 2 is 1.87 bits per heavy atom. The molecule has 2 aliphatic heterocycles. The summed E-state index contributed by atoms with van der Waals surface area (Å²) in [5, 5.41) is 3.80. The molecule has 9 heteroatoms. The fourth-order valence-electron chi connectivity index (χ4n) is 3.37. The van der Waals surface area contributed by atoms with Crippen LogP contribution in [0.5, 0.6) is 0 Å². The number of rotatable bonds is 5. The number of hydrogen-bond acceptors (Lipinski definition) is 8. The number of amides is 1. The van der Waals surface area contributed by atoms with Gasteiger partial charge in [-0.05, 0) is 39.7 Å². The summed E-state index contributed by atoms with van der Waals surface area (Å²) in [6.45, 7) is 7.07. The average Bonchev–Trinajstić information content (AvgIpc) is 3.24. The molecule has 162 valence electrons. The largest absolute Gasteiger partial charge is 0.461 e. The third kappa shape index (κ3) is 4.72. The lowest BCUT2D eigenvalue weighted by Gasteiger charge is -2.29. The lowest BCUT2D eigenvalue weighted by Crippen LogP contribution is -2.48. The van der Waals surface area contributed by atoms with Crippen LogP contribution in [0.2, 0.25) is 0 Å². The molecule has 9 nitrogen and oxygen atoms in total. The first-order valence-corrected chi connectivity index (χ1v) is 9.84. The summed E-state index contributed by atoms with van der Waals surface area (Å²) in [6.07, 6.45) is -1.56. The molecule has 1 aromatic carbocycles. The van der Waals surface area contributed by atoms with Gasteiger partial charge in [-0.2, -0.15) is 0 Å². The minimum absolute atomic E-state index is 0.0498. The zero-order chi connectivity index (χ0) is 21.9. The van der Waals surface area contributed by atoms with Gasteiger partial charge in [0.15, 0.2) is 5.71 Å². The Bertz CT molecular complexity index is 832. The van der Waals surface area contributed by atoms with Gasteiger partial charge in [0.1, 0.15) is 18.2 Å². The van der Waals surface area contributed by atoms with Crippen molar-refractivity contribution in [2.45, 2.75) is 58.6 Å². The van der Waals surface area contributed by atoms with Gasteiger partial charge < -0.3 is 19.0 Å².